The highest BCUT2D eigenvalue weighted by Gasteiger charge is 2.47. The smallest absolute Gasteiger partial charge is 0.220 e. The average molecular weight is 1400 g/mol. The Labute approximate surface area is 558 Å². The minimum Gasteiger partial charge on any atom is -0.396 e. The Morgan fingerprint density at radius 2 is 0.656 bits per heavy atom. The van der Waals surface area contributed by atoms with Crippen molar-refractivity contribution in [2.45, 2.75) is 151 Å². The van der Waals surface area contributed by atoms with Gasteiger partial charge in [0.25, 0.3) is 0 Å². The lowest BCUT2D eigenvalue weighted by Crippen LogP contribution is -2.64. The standard InChI is InChI=1S/C59H109N7O30/c1-38(70)64-47-53(79)50(76)41(34-67)37-94-56(47)91-31-28-88-25-22-85-19-16-82-13-10-61-44(73)4-7-59(60,8-5-45(74)62-11-14-83-17-20-86-23-26-89-29-32-92-57-48(65-39(2)71)54(80)51(77)42(35-68)95-57)9-6-46(75)63-12-15-84-18-21-87-24-27-90-30-33-93-58-49(66-40(3)72)55(81)52(78)43(36-69)96-58/h41-43,47-58,67-69,76-81H,4-37,60H2,1-3H3,(H,61,73)(H,62,74)(H,63,75)(H,64,70)(H,65,71)(H,66,72). The number of aliphatic hydroxyl groups excluding tert-OH is 9. The zero-order valence-corrected chi connectivity index (χ0v) is 55.4. The zero-order valence-electron chi connectivity index (χ0n) is 55.4. The van der Waals surface area contributed by atoms with Gasteiger partial charge in [-0.15, -0.1) is 0 Å². The van der Waals surface area contributed by atoms with E-state index in [9.17, 15) is 74.7 Å². The minimum atomic E-state index is -1.44. The second-order valence-electron chi connectivity index (χ2n) is 22.8. The molecule has 3 heterocycles. The fraction of sp³-hybridized carbons (Fsp3) is 0.898. The maximum atomic E-state index is 13.0. The maximum Gasteiger partial charge on any atom is 0.220 e. The summed E-state index contributed by atoms with van der Waals surface area (Å²) in [6.45, 7) is 6.32. The molecule has 0 bridgehead atoms. The number of carbonyl (C=O) groups is 6. The van der Waals surface area contributed by atoms with E-state index in [1.165, 1.54) is 20.8 Å². The van der Waals surface area contributed by atoms with E-state index in [0.29, 0.717) is 0 Å². The van der Waals surface area contributed by atoms with Crippen molar-refractivity contribution in [3.63, 3.8) is 0 Å². The molecule has 37 heteroatoms. The molecule has 37 nitrogen and oxygen atoms in total. The summed E-state index contributed by atoms with van der Waals surface area (Å²) in [6, 6.07) is -3.21. The highest BCUT2D eigenvalue weighted by Crippen LogP contribution is 2.26. The normalized spacial score (nSPS) is 26.7. The summed E-state index contributed by atoms with van der Waals surface area (Å²) in [6.07, 6.45) is -13.6. The first kappa shape index (κ1) is 86.0. The molecule has 560 valence electrons. The first-order valence-electron chi connectivity index (χ1n) is 32.4. The lowest BCUT2D eigenvalue weighted by atomic mass is 9.84. The Balaban J connectivity index is 1.30. The van der Waals surface area contributed by atoms with E-state index >= 15 is 0 Å². The van der Waals surface area contributed by atoms with Crippen LogP contribution in [0.15, 0.2) is 0 Å². The Morgan fingerprint density at radius 3 is 0.948 bits per heavy atom. The van der Waals surface area contributed by atoms with Gasteiger partial charge >= 0.3 is 0 Å². The van der Waals surface area contributed by atoms with Crippen LogP contribution in [-0.2, 0) is 99.8 Å². The molecule has 0 aromatic carbocycles. The summed E-state index contributed by atoms with van der Waals surface area (Å²) in [5, 5.41) is 106. The van der Waals surface area contributed by atoms with Gasteiger partial charge in [0, 0.05) is 71.1 Å². The third kappa shape index (κ3) is 35.7. The van der Waals surface area contributed by atoms with Crippen LogP contribution in [0.5, 0.6) is 0 Å². The molecule has 15 unspecified atom stereocenters. The Hall–Kier alpha value is -4.18. The SMILES string of the molecule is CC(=O)NC1C(OCCOCCOCCOCCNC(=O)CCC(N)(CCC(=O)NCCOCCOCCOCCOC2OC(CO)C(O)C(O)C2NC(C)=O)CCC(=O)NCCOCCOCCOCCOC2OC(CO)C(O)C(O)C2NC(C)=O)OCC(CO)C(O)C1O. The lowest BCUT2D eigenvalue weighted by Gasteiger charge is -2.42. The Morgan fingerprint density at radius 1 is 0.385 bits per heavy atom. The van der Waals surface area contributed by atoms with Crippen LogP contribution in [0, 0.1) is 5.92 Å². The molecule has 3 rings (SSSR count). The molecule has 3 aliphatic heterocycles. The number of aliphatic hydroxyl groups is 9. The van der Waals surface area contributed by atoms with E-state index in [-0.39, 0.29) is 221 Å². The van der Waals surface area contributed by atoms with Crippen LogP contribution >= 0.6 is 0 Å². The predicted molar refractivity (Wildman–Crippen MR) is 330 cm³/mol. The van der Waals surface area contributed by atoms with E-state index < -0.39 is 135 Å². The summed E-state index contributed by atoms with van der Waals surface area (Å²) < 4.78 is 83.4. The number of nitrogens with one attached hydrogen (secondary N) is 6. The van der Waals surface area contributed by atoms with E-state index in [4.69, 9.17) is 76.8 Å². The third-order valence-electron chi connectivity index (χ3n) is 15.1. The predicted octanol–water partition coefficient (Wildman–Crippen LogP) is -8.35. The van der Waals surface area contributed by atoms with Crippen LogP contribution in [0.2, 0.25) is 0 Å². The molecule has 3 fully saturated rings. The van der Waals surface area contributed by atoms with Gasteiger partial charge in [-0.1, -0.05) is 0 Å². The van der Waals surface area contributed by atoms with Crippen molar-refractivity contribution in [1.29, 1.82) is 0 Å². The first-order chi connectivity index (χ1) is 46.1. The van der Waals surface area contributed by atoms with Gasteiger partial charge in [0.2, 0.25) is 35.4 Å². The van der Waals surface area contributed by atoms with Crippen LogP contribution in [-0.4, -0.2) is 358 Å². The minimum absolute atomic E-state index is 0.00321. The molecule has 6 amide bonds. The number of hydrogen-bond acceptors (Lipinski definition) is 31. The molecule has 0 spiro atoms. The number of hydrogen-bond donors (Lipinski definition) is 16. The molecule has 0 saturated carbocycles. The van der Waals surface area contributed by atoms with Crippen LogP contribution < -0.4 is 37.6 Å². The molecule has 15 atom stereocenters. The van der Waals surface area contributed by atoms with Gasteiger partial charge in [-0.05, 0) is 19.3 Å². The largest absolute Gasteiger partial charge is 0.396 e. The van der Waals surface area contributed by atoms with Crippen molar-refractivity contribution in [2.24, 2.45) is 11.7 Å². The summed E-state index contributed by atoms with van der Waals surface area (Å²) in [5.74, 6) is -3.11. The lowest BCUT2D eigenvalue weighted by molar-refractivity contribution is -0.272. The van der Waals surface area contributed by atoms with Gasteiger partial charge in [0.15, 0.2) is 18.9 Å². The van der Waals surface area contributed by atoms with Gasteiger partial charge in [-0.3, -0.25) is 28.8 Å². The van der Waals surface area contributed by atoms with Crippen molar-refractivity contribution in [3.8, 4) is 0 Å². The number of rotatable bonds is 54. The van der Waals surface area contributed by atoms with Crippen LogP contribution in [0.4, 0.5) is 0 Å². The van der Waals surface area contributed by atoms with Gasteiger partial charge in [0.1, 0.15) is 60.9 Å². The van der Waals surface area contributed by atoms with Gasteiger partial charge in [0.05, 0.1) is 171 Å². The van der Waals surface area contributed by atoms with E-state index in [0.717, 1.165) is 0 Å². The highest BCUT2D eigenvalue weighted by atomic mass is 16.7. The van der Waals surface area contributed by atoms with E-state index in [1.54, 1.807) is 0 Å². The van der Waals surface area contributed by atoms with E-state index in [1.807, 2.05) is 0 Å². The molecule has 0 aromatic heterocycles. The molecule has 3 aliphatic rings. The van der Waals surface area contributed by atoms with Crippen LogP contribution in [0.1, 0.15) is 59.3 Å². The van der Waals surface area contributed by atoms with Gasteiger partial charge in [-0.2, -0.15) is 0 Å². The molecular formula is C59H109N7O30. The fourth-order valence-electron chi connectivity index (χ4n) is 9.81. The van der Waals surface area contributed by atoms with Crippen molar-refractivity contribution in [3.05, 3.63) is 0 Å². The number of ether oxygens (including phenoxy) is 15. The van der Waals surface area contributed by atoms with Crippen molar-refractivity contribution in [1.82, 2.24) is 31.9 Å². The van der Waals surface area contributed by atoms with Gasteiger partial charge < -0.3 is 155 Å². The van der Waals surface area contributed by atoms with Crippen molar-refractivity contribution >= 4 is 35.4 Å². The van der Waals surface area contributed by atoms with E-state index in [2.05, 4.69) is 31.9 Å². The zero-order chi connectivity index (χ0) is 70.5. The number of nitrogens with two attached hydrogens (primary N) is 1. The summed E-state index contributed by atoms with van der Waals surface area (Å²) in [4.78, 5) is 73.8. The monoisotopic (exact) mass is 1400 g/mol. The molecule has 0 aromatic rings. The molecule has 3 saturated heterocycles. The van der Waals surface area contributed by atoms with Crippen molar-refractivity contribution in [2.75, 3.05) is 185 Å². The topological polar surface area (TPSA) is 521 Å². The quantitative estimate of drug-likeness (QED) is 0.0252. The third-order valence-corrected chi connectivity index (χ3v) is 15.1. The highest BCUT2D eigenvalue weighted by molar-refractivity contribution is 5.78. The molecule has 0 radical (unpaired) electrons. The number of amides is 6. The molecule has 17 N–H and O–H groups in total. The summed E-state index contributed by atoms with van der Waals surface area (Å²) >= 11 is 0. The second kappa shape index (κ2) is 51.0. The first-order valence-corrected chi connectivity index (χ1v) is 32.4. The fourth-order valence-corrected chi connectivity index (χ4v) is 9.81. The molecule has 96 heavy (non-hydrogen) atoms. The maximum absolute atomic E-state index is 13.0. The molecule has 0 aliphatic carbocycles. The van der Waals surface area contributed by atoms with Crippen LogP contribution in [0.3, 0.4) is 0 Å². The molecular weight excluding hydrogens is 1290 g/mol. The number of carbonyl (C=O) groups excluding carboxylic acids is 6. The Bertz CT molecular complexity index is 2030. The van der Waals surface area contributed by atoms with Gasteiger partial charge in [-0.25, -0.2) is 0 Å². The van der Waals surface area contributed by atoms with Crippen LogP contribution in [0.25, 0.3) is 0 Å². The average Bonchev–Trinajstić information content (AvgIpc) is 1.11. The second-order valence-corrected chi connectivity index (χ2v) is 22.8. The van der Waals surface area contributed by atoms with Crippen molar-refractivity contribution < 1.29 is 146 Å². The Kier molecular flexibility index (Phi) is 45.7. The summed E-state index contributed by atoms with van der Waals surface area (Å²) in [5.41, 5.74) is 5.75. The summed E-state index contributed by atoms with van der Waals surface area (Å²) in [7, 11) is 0.